The lowest BCUT2D eigenvalue weighted by Gasteiger charge is -2.10. The van der Waals surface area contributed by atoms with Gasteiger partial charge in [-0.15, -0.1) is 0 Å². The summed E-state index contributed by atoms with van der Waals surface area (Å²) in [6, 6.07) is 0. The van der Waals surface area contributed by atoms with Crippen molar-refractivity contribution in [2.75, 3.05) is 32.7 Å². The van der Waals surface area contributed by atoms with Gasteiger partial charge in [-0.3, -0.25) is 0 Å². The quantitative estimate of drug-likeness (QED) is 0.492. The molecule has 0 fully saturated rings. The van der Waals surface area contributed by atoms with Crippen LogP contribution >= 0.6 is 0 Å². The van der Waals surface area contributed by atoms with Crippen molar-refractivity contribution in [2.45, 2.75) is 38.5 Å². The minimum absolute atomic E-state index is 0.816. The Hall–Kier alpha value is -0.640. The molecule has 104 valence electrons. The Kier molecular flexibility index (Phi) is 9.81. The zero-order chi connectivity index (χ0) is 12.9. The second-order valence-electron chi connectivity index (χ2n) is 4.92. The SMILES string of the molecule is NCCCCNCCCCNCC1=CC=CCC1. The lowest BCUT2D eigenvalue weighted by Crippen LogP contribution is -2.21. The van der Waals surface area contributed by atoms with Gasteiger partial charge in [0.05, 0.1) is 0 Å². The molecule has 0 unspecified atom stereocenters. The van der Waals surface area contributed by atoms with Crippen LogP contribution in [0.3, 0.4) is 0 Å². The maximum Gasteiger partial charge on any atom is 0.0167 e. The smallest absolute Gasteiger partial charge is 0.0167 e. The Morgan fingerprint density at radius 3 is 2.39 bits per heavy atom. The summed E-state index contributed by atoms with van der Waals surface area (Å²) in [5.74, 6) is 0. The molecular weight excluding hydrogens is 222 g/mol. The molecule has 18 heavy (non-hydrogen) atoms. The van der Waals surface area contributed by atoms with Crippen LogP contribution in [0, 0.1) is 0 Å². The van der Waals surface area contributed by atoms with E-state index in [1.165, 1.54) is 37.7 Å². The monoisotopic (exact) mass is 251 g/mol. The van der Waals surface area contributed by atoms with Crippen LogP contribution in [0.25, 0.3) is 0 Å². The summed E-state index contributed by atoms with van der Waals surface area (Å²) in [5.41, 5.74) is 6.98. The number of hydrogen-bond donors (Lipinski definition) is 3. The predicted octanol–water partition coefficient (Wildman–Crippen LogP) is 1.96. The van der Waals surface area contributed by atoms with Gasteiger partial charge < -0.3 is 16.4 Å². The van der Waals surface area contributed by atoms with Crippen LogP contribution in [-0.4, -0.2) is 32.7 Å². The van der Waals surface area contributed by atoms with Crippen molar-refractivity contribution in [1.29, 1.82) is 0 Å². The van der Waals surface area contributed by atoms with Gasteiger partial charge in [-0.05, 0) is 64.7 Å². The molecule has 0 saturated carbocycles. The molecule has 0 aromatic rings. The summed E-state index contributed by atoms with van der Waals surface area (Å²) in [7, 11) is 0. The zero-order valence-electron chi connectivity index (χ0n) is 11.6. The van der Waals surface area contributed by atoms with Crippen LogP contribution in [0.2, 0.25) is 0 Å². The highest BCUT2D eigenvalue weighted by molar-refractivity contribution is 5.18. The average Bonchev–Trinajstić information content (AvgIpc) is 2.42. The van der Waals surface area contributed by atoms with E-state index in [4.69, 9.17) is 5.73 Å². The van der Waals surface area contributed by atoms with E-state index < -0.39 is 0 Å². The number of nitrogens with two attached hydrogens (primary N) is 1. The molecule has 4 N–H and O–H groups in total. The Bertz CT molecular complexity index is 246. The number of nitrogens with one attached hydrogen (secondary N) is 2. The first-order valence-electron chi connectivity index (χ1n) is 7.39. The first-order chi connectivity index (χ1) is 8.93. The molecule has 0 heterocycles. The molecule has 3 heteroatoms. The van der Waals surface area contributed by atoms with Crippen LogP contribution in [0.4, 0.5) is 0 Å². The Balaban J connectivity index is 1.78. The molecule has 0 amide bonds. The normalized spacial score (nSPS) is 14.8. The average molecular weight is 251 g/mol. The Morgan fingerprint density at radius 1 is 1.00 bits per heavy atom. The molecule has 0 spiro atoms. The lowest BCUT2D eigenvalue weighted by molar-refractivity contribution is 0.574. The third-order valence-corrected chi connectivity index (χ3v) is 3.22. The van der Waals surface area contributed by atoms with E-state index in [-0.39, 0.29) is 0 Å². The van der Waals surface area contributed by atoms with E-state index >= 15 is 0 Å². The molecule has 0 radical (unpaired) electrons. The maximum absolute atomic E-state index is 5.44. The first-order valence-corrected chi connectivity index (χ1v) is 7.39. The highest BCUT2D eigenvalue weighted by atomic mass is 14.9. The van der Waals surface area contributed by atoms with Crippen LogP contribution < -0.4 is 16.4 Å². The topological polar surface area (TPSA) is 50.1 Å². The van der Waals surface area contributed by atoms with Gasteiger partial charge in [-0.1, -0.05) is 23.8 Å². The van der Waals surface area contributed by atoms with Crippen molar-refractivity contribution in [3.05, 3.63) is 23.8 Å². The van der Waals surface area contributed by atoms with Crippen molar-refractivity contribution in [3.63, 3.8) is 0 Å². The van der Waals surface area contributed by atoms with Gasteiger partial charge in [0.25, 0.3) is 0 Å². The molecule has 0 aromatic heterocycles. The molecule has 0 saturated heterocycles. The fraction of sp³-hybridized carbons (Fsp3) is 0.733. The van der Waals surface area contributed by atoms with E-state index in [2.05, 4.69) is 28.9 Å². The third kappa shape index (κ3) is 8.45. The summed E-state index contributed by atoms with van der Waals surface area (Å²) in [4.78, 5) is 0. The Morgan fingerprint density at radius 2 is 1.72 bits per heavy atom. The standard InChI is InChI=1S/C15H29N3/c16-10-4-5-11-17-12-6-7-13-18-14-15-8-2-1-3-9-15/h1-2,8,17-18H,3-7,9-14,16H2. The van der Waals surface area contributed by atoms with E-state index in [1.54, 1.807) is 0 Å². The largest absolute Gasteiger partial charge is 0.330 e. The Labute approximate surface area is 112 Å². The van der Waals surface area contributed by atoms with E-state index in [0.29, 0.717) is 0 Å². The molecular formula is C15H29N3. The summed E-state index contributed by atoms with van der Waals surface area (Å²) in [6.07, 6.45) is 13.9. The van der Waals surface area contributed by atoms with Crippen molar-refractivity contribution < 1.29 is 0 Å². The van der Waals surface area contributed by atoms with E-state index in [1.807, 2.05) is 0 Å². The van der Waals surface area contributed by atoms with Gasteiger partial charge in [0, 0.05) is 6.54 Å². The second kappa shape index (κ2) is 11.5. The highest BCUT2D eigenvalue weighted by Gasteiger charge is 1.98. The third-order valence-electron chi connectivity index (χ3n) is 3.22. The van der Waals surface area contributed by atoms with Crippen LogP contribution in [0.1, 0.15) is 38.5 Å². The first kappa shape index (κ1) is 15.4. The molecule has 0 bridgehead atoms. The zero-order valence-corrected chi connectivity index (χ0v) is 11.6. The van der Waals surface area contributed by atoms with E-state index in [0.717, 1.165) is 39.1 Å². The fourth-order valence-corrected chi connectivity index (χ4v) is 2.07. The number of unbranched alkanes of at least 4 members (excludes halogenated alkanes) is 2. The van der Waals surface area contributed by atoms with Gasteiger partial charge >= 0.3 is 0 Å². The molecule has 0 aliphatic heterocycles. The van der Waals surface area contributed by atoms with Gasteiger partial charge in [0.1, 0.15) is 0 Å². The molecule has 1 rings (SSSR count). The molecule has 3 nitrogen and oxygen atoms in total. The van der Waals surface area contributed by atoms with Gasteiger partial charge in [0.2, 0.25) is 0 Å². The molecule has 1 aliphatic carbocycles. The summed E-state index contributed by atoms with van der Waals surface area (Å²) in [6.45, 7) is 5.26. The minimum Gasteiger partial charge on any atom is -0.330 e. The summed E-state index contributed by atoms with van der Waals surface area (Å²) >= 11 is 0. The van der Waals surface area contributed by atoms with E-state index in [9.17, 15) is 0 Å². The van der Waals surface area contributed by atoms with Crippen molar-refractivity contribution >= 4 is 0 Å². The van der Waals surface area contributed by atoms with Gasteiger partial charge in [-0.2, -0.15) is 0 Å². The second-order valence-corrected chi connectivity index (χ2v) is 4.92. The molecule has 0 aromatic carbocycles. The van der Waals surface area contributed by atoms with Crippen LogP contribution in [-0.2, 0) is 0 Å². The summed E-state index contributed by atoms with van der Waals surface area (Å²) < 4.78 is 0. The molecule has 0 atom stereocenters. The van der Waals surface area contributed by atoms with Crippen LogP contribution in [0.5, 0.6) is 0 Å². The highest BCUT2D eigenvalue weighted by Crippen LogP contribution is 2.09. The lowest BCUT2D eigenvalue weighted by atomic mass is 10.1. The summed E-state index contributed by atoms with van der Waals surface area (Å²) in [5, 5.41) is 6.98. The minimum atomic E-state index is 0.816. The van der Waals surface area contributed by atoms with Gasteiger partial charge in [0.15, 0.2) is 0 Å². The maximum atomic E-state index is 5.44. The predicted molar refractivity (Wildman–Crippen MR) is 79.7 cm³/mol. The van der Waals surface area contributed by atoms with Crippen molar-refractivity contribution in [1.82, 2.24) is 10.6 Å². The van der Waals surface area contributed by atoms with Gasteiger partial charge in [-0.25, -0.2) is 0 Å². The number of hydrogen-bond acceptors (Lipinski definition) is 3. The van der Waals surface area contributed by atoms with Crippen molar-refractivity contribution in [2.24, 2.45) is 5.73 Å². The van der Waals surface area contributed by atoms with Crippen molar-refractivity contribution in [3.8, 4) is 0 Å². The number of allylic oxidation sites excluding steroid dienone is 3. The van der Waals surface area contributed by atoms with Crippen LogP contribution in [0.15, 0.2) is 23.8 Å². The number of rotatable bonds is 11. The molecule has 1 aliphatic rings. The fourth-order valence-electron chi connectivity index (χ4n) is 2.07.